The Morgan fingerprint density at radius 1 is 0.875 bits per heavy atom. The molecule has 16 heavy (non-hydrogen) atoms. The average molecular weight is 220 g/mol. The highest BCUT2D eigenvalue weighted by Gasteiger charge is 2.64. The number of fused-ring (bicyclic) bond motifs is 9. The van der Waals surface area contributed by atoms with Gasteiger partial charge in [-0.25, -0.2) is 0 Å². The van der Waals surface area contributed by atoms with Crippen LogP contribution in [0.25, 0.3) is 0 Å². The number of aliphatic hydroxyl groups is 1. The van der Waals surface area contributed by atoms with Crippen LogP contribution in [-0.4, -0.2) is 11.2 Å². The molecule has 8 atom stereocenters. The Bertz CT molecular complexity index is 311. The normalized spacial score (nSPS) is 62.2. The van der Waals surface area contributed by atoms with Crippen molar-refractivity contribution < 1.29 is 5.11 Å². The van der Waals surface area contributed by atoms with Crippen molar-refractivity contribution in [3.05, 3.63) is 0 Å². The van der Waals surface area contributed by atoms with Gasteiger partial charge in [0.15, 0.2) is 0 Å². The van der Waals surface area contributed by atoms with Gasteiger partial charge in [-0.05, 0) is 73.0 Å². The molecule has 4 aliphatic rings. The van der Waals surface area contributed by atoms with Gasteiger partial charge in [0.05, 0.1) is 6.10 Å². The molecule has 0 aromatic rings. The highest BCUT2D eigenvalue weighted by Crippen LogP contribution is 2.69. The van der Waals surface area contributed by atoms with Crippen LogP contribution in [0.15, 0.2) is 0 Å². The summed E-state index contributed by atoms with van der Waals surface area (Å²) < 4.78 is 0. The van der Waals surface area contributed by atoms with E-state index in [1.54, 1.807) is 0 Å². The Morgan fingerprint density at radius 3 is 2.31 bits per heavy atom. The molecule has 0 amide bonds. The molecule has 0 aromatic carbocycles. The summed E-state index contributed by atoms with van der Waals surface area (Å²) in [6.45, 7) is 4.81. The lowest BCUT2D eigenvalue weighted by Gasteiger charge is -2.41. The van der Waals surface area contributed by atoms with E-state index in [0.717, 1.165) is 47.8 Å². The lowest BCUT2D eigenvalue weighted by Crippen LogP contribution is -2.39. The second kappa shape index (κ2) is 3.04. The second-order valence-electron chi connectivity index (χ2n) is 7.42. The second-order valence-corrected chi connectivity index (χ2v) is 7.42. The topological polar surface area (TPSA) is 20.2 Å². The van der Waals surface area contributed by atoms with E-state index in [2.05, 4.69) is 13.8 Å². The Balaban J connectivity index is 1.65. The van der Waals surface area contributed by atoms with Crippen LogP contribution < -0.4 is 0 Å². The standard InChI is InChI=1S/C15H24O/c1-7(2)10-3-8-4-11(10)15-12-5-9(14(8)15)6-13(12)16/h7-16H,3-6H2,1-2H3. The Hall–Kier alpha value is -0.0400. The van der Waals surface area contributed by atoms with Crippen LogP contribution >= 0.6 is 0 Å². The van der Waals surface area contributed by atoms with E-state index in [0.29, 0.717) is 5.92 Å². The van der Waals surface area contributed by atoms with E-state index in [1.165, 1.54) is 19.3 Å². The van der Waals surface area contributed by atoms with E-state index < -0.39 is 0 Å². The van der Waals surface area contributed by atoms with Gasteiger partial charge in [-0.3, -0.25) is 0 Å². The molecule has 0 aromatic heterocycles. The summed E-state index contributed by atoms with van der Waals surface area (Å²) in [6.07, 6.45) is 5.61. The minimum atomic E-state index is 0.0680. The van der Waals surface area contributed by atoms with Crippen molar-refractivity contribution in [2.75, 3.05) is 0 Å². The van der Waals surface area contributed by atoms with Crippen LogP contribution in [-0.2, 0) is 0 Å². The quantitative estimate of drug-likeness (QED) is 0.674. The molecule has 4 fully saturated rings. The first kappa shape index (κ1) is 9.94. The summed E-state index contributed by atoms with van der Waals surface area (Å²) in [6, 6.07) is 0. The van der Waals surface area contributed by atoms with Gasteiger partial charge in [0, 0.05) is 0 Å². The van der Waals surface area contributed by atoms with Gasteiger partial charge < -0.3 is 5.11 Å². The third-order valence-electron chi connectivity index (χ3n) is 6.69. The van der Waals surface area contributed by atoms with Crippen molar-refractivity contribution in [2.45, 2.75) is 45.6 Å². The molecular formula is C15H24O. The Kier molecular flexibility index (Phi) is 1.89. The molecule has 1 heteroatoms. The van der Waals surface area contributed by atoms with Gasteiger partial charge in [-0.2, -0.15) is 0 Å². The molecule has 4 aliphatic carbocycles. The molecular weight excluding hydrogens is 196 g/mol. The molecule has 4 saturated carbocycles. The van der Waals surface area contributed by atoms with Gasteiger partial charge in [0.25, 0.3) is 0 Å². The van der Waals surface area contributed by atoms with Gasteiger partial charge in [0.1, 0.15) is 0 Å². The number of rotatable bonds is 1. The smallest absolute Gasteiger partial charge is 0.0574 e. The van der Waals surface area contributed by atoms with Crippen molar-refractivity contribution >= 4 is 0 Å². The van der Waals surface area contributed by atoms with Crippen LogP contribution in [0, 0.1) is 47.3 Å². The van der Waals surface area contributed by atoms with Crippen molar-refractivity contribution in [3.63, 3.8) is 0 Å². The van der Waals surface area contributed by atoms with Gasteiger partial charge in [-0.15, -0.1) is 0 Å². The molecule has 0 saturated heterocycles. The largest absolute Gasteiger partial charge is 0.393 e. The zero-order chi connectivity index (χ0) is 11.0. The Morgan fingerprint density at radius 2 is 1.56 bits per heavy atom. The van der Waals surface area contributed by atoms with Gasteiger partial charge in [0.2, 0.25) is 0 Å². The maximum absolute atomic E-state index is 10.1. The van der Waals surface area contributed by atoms with Crippen molar-refractivity contribution in [2.24, 2.45) is 47.3 Å². The van der Waals surface area contributed by atoms with E-state index in [4.69, 9.17) is 0 Å². The van der Waals surface area contributed by atoms with Crippen LogP contribution in [0.3, 0.4) is 0 Å². The average Bonchev–Trinajstić information content (AvgIpc) is 2.91. The number of aliphatic hydroxyl groups excluding tert-OH is 1. The summed E-state index contributed by atoms with van der Waals surface area (Å²) in [5.41, 5.74) is 0. The minimum absolute atomic E-state index is 0.0680. The molecule has 1 N–H and O–H groups in total. The van der Waals surface area contributed by atoms with Gasteiger partial charge in [-0.1, -0.05) is 13.8 Å². The highest BCUT2D eigenvalue weighted by molar-refractivity contribution is 5.13. The minimum Gasteiger partial charge on any atom is -0.393 e. The first-order chi connectivity index (χ1) is 7.66. The molecule has 0 spiro atoms. The predicted octanol–water partition coefficient (Wildman–Crippen LogP) is 2.93. The van der Waals surface area contributed by atoms with E-state index in [9.17, 15) is 5.11 Å². The van der Waals surface area contributed by atoms with Crippen molar-refractivity contribution in [1.82, 2.24) is 0 Å². The Labute approximate surface area is 98.6 Å². The molecule has 90 valence electrons. The number of hydrogen-bond acceptors (Lipinski definition) is 1. The van der Waals surface area contributed by atoms with Crippen molar-refractivity contribution in [3.8, 4) is 0 Å². The first-order valence-corrected chi connectivity index (χ1v) is 7.35. The third-order valence-corrected chi connectivity index (χ3v) is 6.69. The fourth-order valence-corrected chi connectivity index (χ4v) is 6.39. The maximum atomic E-state index is 10.1. The fraction of sp³-hybridized carbons (Fsp3) is 1.00. The lowest BCUT2D eigenvalue weighted by molar-refractivity contribution is 0.00600. The van der Waals surface area contributed by atoms with Crippen LogP contribution in [0.4, 0.5) is 0 Å². The molecule has 8 unspecified atom stereocenters. The molecule has 4 rings (SSSR count). The summed E-state index contributed by atoms with van der Waals surface area (Å²) in [5, 5.41) is 10.1. The summed E-state index contributed by atoms with van der Waals surface area (Å²) in [7, 11) is 0. The maximum Gasteiger partial charge on any atom is 0.0574 e. The van der Waals surface area contributed by atoms with E-state index in [1.807, 2.05) is 0 Å². The van der Waals surface area contributed by atoms with Crippen molar-refractivity contribution in [1.29, 1.82) is 0 Å². The summed E-state index contributed by atoms with van der Waals surface area (Å²) >= 11 is 0. The molecule has 1 nitrogen and oxygen atoms in total. The van der Waals surface area contributed by atoms with Crippen LogP contribution in [0.2, 0.25) is 0 Å². The van der Waals surface area contributed by atoms with Gasteiger partial charge >= 0.3 is 0 Å². The summed E-state index contributed by atoms with van der Waals surface area (Å²) in [4.78, 5) is 0. The van der Waals surface area contributed by atoms with E-state index in [-0.39, 0.29) is 6.10 Å². The predicted molar refractivity (Wildman–Crippen MR) is 63.7 cm³/mol. The first-order valence-electron chi connectivity index (χ1n) is 7.35. The summed E-state index contributed by atoms with van der Waals surface area (Å²) in [5.74, 6) is 7.46. The highest BCUT2D eigenvalue weighted by atomic mass is 16.3. The molecule has 0 radical (unpaired) electrons. The monoisotopic (exact) mass is 220 g/mol. The lowest BCUT2D eigenvalue weighted by atomic mass is 9.65. The number of hydrogen-bond donors (Lipinski definition) is 1. The zero-order valence-corrected chi connectivity index (χ0v) is 10.5. The third kappa shape index (κ3) is 1.02. The molecule has 4 bridgehead atoms. The fourth-order valence-electron chi connectivity index (χ4n) is 6.39. The van der Waals surface area contributed by atoms with Crippen LogP contribution in [0.5, 0.6) is 0 Å². The van der Waals surface area contributed by atoms with E-state index >= 15 is 0 Å². The van der Waals surface area contributed by atoms with Crippen LogP contribution in [0.1, 0.15) is 39.5 Å². The molecule has 0 aliphatic heterocycles. The SMILES string of the molecule is CC(C)C1CC2CC1C1C3CC(CC3O)C21. The molecule has 0 heterocycles. The zero-order valence-electron chi connectivity index (χ0n) is 10.5.